The van der Waals surface area contributed by atoms with Gasteiger partial charge in [0.25, 0.3) is 0 Å². The number of alkyl halides is 3. The van der Waals surface area contributed by atoms with Crippen LogP contribution in [0.3, 0.4) is 0 Å². The predicted molar refractivity (Wildman–Crippen MR) is 150 cm³/mol. The van der Waals surface area contributed by atoms with Crippen LogP contribution in [-0.4, -0.2) is 32.6 Å². The Bertz CT molecular complexity index is 1360. The van der Waals surface area contributed by atoms with Crippen molar-refractivity contribution in [2.75, 3.05) is 5.32 Å². The first-order chi connectivity index (χ1) is 19.5. The topological polar surface area (TPSA) is 109 Å². The van der Waals surface area contributed by atoms with Gasteiger partial charge in [-0.3, -0.25) is 19.4 Å². The zero-order chi connectivity index (χ0) is 29.6. The number of hydrogen-bond acceptors (Lipinski definition) is 7. The molecule has 0 bridgehead atoms. The Labute approximate surface area is 240 Å². The first-order valence-electron chi connectivity index (χ1n) is 13.6. The van der Waals surface area contributed by atoms with E-state index in [1.807, 2.05) is 24.3 Å². The van der Waals surface area contributed by atoms with E-state index in [1.54, 1.807) is 19.1 Å². The third-order valence-electron chi connectivity index (χ3n) is 7.33. The second-order valence-electron chi connectivity index (χ2n) is 10.6. The number of carbonyl (C=O) groups is 3. The molecule has 0 saturated heterocycles. The molecule has 1 fully saturated rings. The first kappa shape index (κ1) is 30.4. The van der Waals surface area contributed by atoms with Crippen LogP contribution in [0.2, 0.25) is 0 Å². The number of Topliss-reactive ketones (excluding diaryl/α,β-unsaturated/α-hetero) is 2. The zero-order valence-corrected chi connectivity index (χ0v) is 23.5. The minimum atomic E-state index is -4.78. The fourth-order valence-electron chi connectivity index (χ4n) is 5.15. The van der Waals surface area contributed by atoms with E-state index in [2.05, 4.69) is 15.3 Å². The zero-order valence-electron chi connectivity index (χ0n) is 22.7. The number of aliphatic carboxylic acids is 1. The normalized spacial score (nSPS) is 17.3. The molecule has 2 heterocycles. The van der Waals surface area contributed by atoms with Gasteiger partial charge in [0.2, 0.25) is 0 Å². The molecule has 0 unspecified atom stereocenters. The van der Waals surface area contributed by atoms with Crippen molar-refractivity contribution in [3.05, 3.63) is 70.0 Å². The van der Waals surface area contributed by atoms with E-state index in [-0.39, 0.29) is 48.9 Å². The molecule has 2 aromatic heterocycles. The lowest BCUT2D eigenvalue weighted by atomic mass is 9.77. The van der Waals surface area contributed by atoms with Crippen LogP contribution in [-0.2, 0) is 22.2 Å². The molecule has 0 amide bonds. The summed E-state index contributed by atoms with van der Waals surface area (Å²) in [6, 6.07) is 11.2. The number of nitrogens with zero attached hydrogens (tertiary/aromatic N) is 2. The minimum absolute atomic E-state index is 0.0563. The van der Waals surface area contributed by atoms with E-state index in [0.29, 0.717) is 22.9 Å². The van der Waals surface area contributed by atoms with Crippen molar-refractivity contribution in [3.63, 3.8) is 0 Å². The van der Waals surface area contributed by atoms with Crippen LogP contribution in [0, 0.1) is 12.8 Å². The summed E-state index contributed by atoms with van der Waals surface area (Å²) in [5.74, 6) is -0.916. The smallest absolute Gasteiger partial charge is 0.435 e. The molecule has 1 aliphatic carbocycles. The molecule has 0 radical (unpaired) electrons. The third kappa shape index (κ3) is 8.69. The number of aryl methyl sites for hydroxylation is 1. The Balaban J connectivity index is 1.27. The van der Waals surface area contributed by atoms with Gasteiger partial charge < -0.3 is 10.4 Å². The van der Waals surface area contributed by atoms with Gasteiger partial charge in [0.15, 0.2) is 16.6 Å². The summed E-state index contributed by atoms with van der Waals surface area (Å²) >= 11 is 0.640. The van der Waals surface area contributed by atoms with Gasteiger partial charge in [0, 0.05) is 31.4 Å². The van der Waals surface area contributed by atoms with Gasteiger partial charge in [-0.25, -0.2) is 4.98 Å². The monoisotopic (exact) mass is 587 g/mol. The van der Waals surface area contributed by atoms with E-state index < -0.39 is 28.5 Å². The summed E-state index contributed by atoms with van der Waals surface area (Å²) in [7, 11) is 0. The highest BCUT2D eigenvalue weighted by molar-refractivity contribution is 7.17. The molecule has 7 nitrogen and oxygen atoms in total. The van der Waals surface area contributed by atoms with Gasteiger partial charge in [-0.2, -0.15) is 13.2 Å². The average molecular weight is 588 g/mol. The van der Waals surface area contributed by atoms with Gasteiger partial charge >= 0.3 is 12.1 Å². The molecule has 11 heteroatoms. The lowest BCUT2D eigenvalue weighted by Gasteiger charge is -2.28. The van der Waals surface area contributed by atoms with Crippen LogP contribution < -0.4 is 5.32 Å². The highest BCUT2D eigenvalue weighted by Crippen LogP contribution is 2.38. The number of halogens is 3. The van der Waals surface area contributed by atoms with Gasteiger partial charge in [-0.05, 0) is 74.1 Å². The van der Waals surface area contributed by atoms with Crippen molar-refractivity contribution in [1.29, 1.82) is 0 Å². The molecule has 1 aliphatic rings. The summed E-state index contributed by atoms with van der Waals surface area (Å²) in [5.41, 5.74) is 2.00. The number of pyridine rings is 1. The number of benzene rings is 1. The number of anilines is 2. The van der Waals surface area contributed by atoms with E-state index in [4.69, 9.17) is 5.11 Å². The number of rotatable bonds is 12. The molecule has 2 N–H and O–H groups in total. The van der Waals surface area contributed by atoms with E-state index in [1.165, 1.54) is 11.8 Å². The van der Waals surface area contributed by atoms with Crippen molar-refractivity contribution in [3.8, 4) is 0 Å². The SMILES string of the molecule is Cc1ccc(Nc2nc(C(F)(F)F)c(C(=O)CCCC(=O)Cc3ccc(C4CCC(CC(=O)O)CC4)cc3)s2)cn1. The van der Waals surface area contributed by atoms with Crippen molar-refractivity contribution >= 4 is 39.7 Å². The standard InChI is InChI=1S/C30H32F3N3O4S/c1-18-5-14-23(17-34-18)35-29-36-28(30(31,32)33)27(41-29)25(38)4-2-3-24(37)15-19-6-10-21(11-7-19)22-12-8-20(9-13-22)16-26(39)40/h5-7,10-11,14,17,20,22H,2-4,8-9,12-13,15-16H2,1H3,(H,35,36)(H,39,40). The molecule has 4 rings (SSSR count). The molecule has 1 aromatic carbocycles. The fourth-order valence-corrected chi connectivity index (χ4v) is 6.12. The number of thiazole rings is 1. The average Bonchev–Trinajstić information content (AvgIpc) is 3.35. The second-order valence-corrected chi connectivity index (χ2v) is 11.6. The van der Waals surface area contributed by atoms with Crippen LogP contribution in [0.5, 0.6) is 0 Å². The summed E-state index contributed by atoms with van der Waals surface area (Å²) in [6.45, 7) is 1.78. The van der Waals surface area contributed by atoms with Crippen LogP contribution in [0.4, 0.5) is 24.0 Å². The second kappa shape index (κ2) is 13.4. The first-order valence-corrected chi connectivity index (χ1v) is 14.4. The lowest BCUT2D eigenvalue weighted by Crippen LogP contribution is -2.16. The Morgan fingerprint density at radius 1 is 1.02 bits per heavy atom. The highest BCUT2D eigenvalue weighted by atomic mass is 32.1. The molecule has 218 valence electrons. The summed E-state index contributed by atoms with van der Waals surface area (Å²) in [4.78, 5) is 43.4. The van der Waals surface area contributed by atoms with Gasteiger partial charge in [-0.15, -0.1) is 0 Å². The summed E-state index contributed by atoms with van der Waals surface area (Å²) in [6.07, 6.45) is 0.814. The molecule has 0 spiro atoms. The maximum absolute atomic E-state index is 13.6. The van der Waals surface area contributed by atoms with Crippen molar-refractivity contribution in [2.24, 2.45) is 5.92 Å². The molecular formula is C30H32F3N3O4S. The van der Waals surface area contributed by atoms with E-state index >= 15 is 0 Å². The van der Waals surface area contributed by atoms with Gasteiger partial charge in [0.1, 0.15) is 10.7 Å². The van der Waals surface area contributed by atoms with Crippen molar-refractivity contribution in [2.45, 2.75) is 76.8 Å². The van der Waals surface area contributed by atoms with Crippen molar-refractivity contribution in [1.82, 2.24) is 9.97 Å². The van der Waals surface area contributed by atoms with Gasteiger partial charge in [0.05, 0.1) is 11.9 Å². The Morgan fingerprint density at radius 3 is 2.34 bits per heavy atom. The number of nitrogens with one attached hydrogen (secondary N) is 1. The number of aromatic nitrogens is 2. The maximum atomic E-state index is 13.6. The Hall–Kier alpha value is -3.60. The van der Waals surface area contributed by atoms with Crippen LogP contribution >= 0.6 is 11.3 Å². The summed E-state index contributed by atoms with van der Waals surface area (Å²) in [5, 5.41) is 11.7. The molecular weight excluding hydrogens is 555 g/mol. The third-order valence-corrected chi connectivity index (χ3v) is 8.35. The number of carboxylic acids is 1. The van der Waals surface area contributed by atoms with E-state index in [9.17, 15) is 27.6 Å². The molecule has 0 atom stereocenters. The number of ketones is 2. The largest absolute Gasteiger partial charge is 0.481 e. The van der Waals surface area contributed by atoms with Crippen molar-refractivity contribution < 1.29 is 32.7 Å². The Morgan fingerprint density at radius 2 is 1.73 bits per heavy atom. The quantitative estimate of drug-likeness (QED) is 0.211. The molecule has 41 heavy (non-hydrogen) atoms. The maximum Gasteiger partial charge on any atom is 0.435 e. The predicted octanol–water partition coefficient (Wildman–Crippen LogP) is 7.52. The van der Waals surface area contributed by atoms with Crippen LogP contribution in [0.15, 0.2) is 42.6 Å². The summed E-state index contributed by atoms with van der Waals surface area (Å²) < 4.78 is 40.8. The Kier molecular flexibility index (Phi) is 9.90. The molecule has 0 aliphatic heterocycles. The molecule has 3 aromatic rings. The number of carboxylic acid groups (broad SMARTS) is 1. The van der Waals surface area contributed by atoms with Gasteiger partial charge in [-0.1, -0.05) is 35.6 Å². The lowest BCUT2D eigenvalue weighted by molar-refractivity contribution is -0.141. The number of carbonyl (C=O) groups excluding carboxylic acids is 2. The van der Waals surface area contributed by atoms with Crippen LogP contribution in [0.1, 0.15) is 89.5 Å². The van der Waals surface area contributed by atoms with E-state index in [0.717, 1.165) is 36.9 Å². The highest BCUT2D eigenvalue weighted by Gasteiger charge is 2.39. The fraction of sp³-hybridized carbons (Fsp3) is 0.433. The minimum Gasteiger partial charge on any atom is -0.481 e. The van der Waals surface area contributed by atoms with Crippen LogP contribution in [0.25, 0.3) is 0 Å². The number of hydrogen-bond donors (Lipinski definition) is 2. The molecule has 1 saturated carbocycles.